The Morgan fingerprint density at radius 3 is 2.58 bits per heavy atom. The molecule has 2 aromatic rings. The molecule has 3 nitrogen and oxygen atoms in total. The minimum atomic E-state index is -0.447. The first-order valence-electron chi connectivity index (χ1n) is 8.02. The van der Waals surface area contributed by atoms with Crippen molar-refractivity contribution in [3.8, 4) is 11.5 Å². The number of amides is 1. The van der Waals surface area contributed by atoms with Crippen LogP contribution in [-0.2, 0) is 4.79 Å². The monoisotopic (exact) mass is 349 g/mol. The summed E-state index contributed by atoms with van der Waals surface area (Å²) in [6.07, 6.45) is 2.37. The van der Waals surface area contributed by atoms with Crippen molar-refractivity contribution in [2.75, 3.05) is 0 Å². The van der Waals surface area contributed by atoms with Crippen molar-refractivity contribution in [2.24, 2.45) is 5.73 Å². The Labute approximate surface area is 146 Å². The van der Waals surface area contributed by atoms with E-state index in [1.165, 1.54) is 0 Å². The minimum Gasteiger partial charge on any atom is -0.453 e. The summed E-state index contributed by atoms with van der Waals surface area (Å²) in [5.41, 5.74) is 5.72. The van der Waals surface area contributed by atoms with Crippen LogP contribution in [-0.4, -0.2) is 5.91 Å². The van der Waals surface area contributed by atoms with E-state index in [9.17, 15) is 9.18 Å². The number of para-hydroxylation sites is 1. The standard InChI is InChI=1S/C19H21ClFNO2/c1-2-13(7-6-10-17(22)23)15-11-12-16(20)19(18(15)21)24-14-8-4-3-5-9-14/h3-5,8-9,11-13H,2,6-7,10H2,1H3,(H2,22,23)/t13-/m0/s1. The van der Waals surface area contributed by atoms with Gasteiger partial charge in [0.05, 0.1) is 5.02 Å². The molecule has 2 rings (SSSR count). The summed E-state index contributed by atoms with van der Waals surface area (Å²) >= 11 is 6.12. The Balaban J connectivity index is 2.24. The predicted octanol–water partition coefficient (Wildman–Crippen LogP) is 5.42. The summed E-state index contributed by atoms with van der Waals surface area (Å²) in [6.45, 7) is 1.99. The van der Waals surface area contributed by atoms with Gasteiger partial charge in [0, 0.05) is 6.42 Å². The smallest absolute Gasteiger partial charge is 0.217 e. The van der Waals surface area contributed by atoms with E-state index in [0.717, 1.165) is 6.42 Å². The van der Waals surface area contributed by atoms with E-state index in [1.54, 1.807) is 24.3 Å². The molecule has 24 heavy (non-hydrogen) atoms. The normalized spacial score (nSPS) is 12.0. The molecule has 0 aliphatic heterocycles. The second-order valence-electron chi connectivity index (χ2n) is 5.66. The second-order valence-corrected chi connectivity index (χ2v) is 6.07. The van der Waals surface area contributed by atoms with E-state index in [2.05, 4.69) is 0 Å². The molecule has 128 valence electrons. The number of primary amides is 1. The van der Waals surface area contributed by atoms with Crippen molar-refractivity contribution in [1.29, 1.82) is 0 Å². The lowest BCUT2D eigenvalue weighted by Gasteiger charge is -2.18. The van der Waals surface area contributed by atoms with Crippen LogP contribution in [0, 0.1) is 5.82 Å². The Bertz CT molecular complexity index is 691. The zero-order valence-electron chi connectivity index (χ0n) is 13.6. The molecule has 2 N–H and O–H groups in total. The molecule has 0 saturated carbocycles. The summed E-state index contributed by atoms with van der Waals surface area (Å²) in [7, 11) is 0. The molecule has 0 fully saturated rings. The summed E-state index contributed by atoms with van der Waals surface area (Å²) in [5.74, 6) is -0.238. The van der Waals surface area contributed by atoms with Gasteiger partial charge < -0.3 is 10.5 Å². The highest BCUT2D eigenvalue weighted by Crippen LogP contribution is 2.38. The summed E-state index contributed by atoms with van der Waals surface area (Å²) in [5, 5.41) is 0.229. The number of carbonyl (C=O) groups excluding carboxylic acids is 1. The zero-order chi connectivity index (χ0) is 17.5. The summed E-state index contributed by atoms with van der Waals surface area (Å²) in [6, 6.07) is 12.3. The van der Waals surface area contributed by atoms with Crippen LogP contribution < -0.4 is 10.5 Å². The number of hydrogen-bond donors (Lipinski definition) is 1. The lowest BCUT2D eigenvalue weighted by molar-refractivity contribution is -0.118. The Kier molecular flexibility index (Phi) is 6.62. The third-order valence-electron chi connectivity index (χ3n) is 3.95. The van der Waals surface area contributed by atoms with Gasteiger partial charge in [-0.05, 0) is 48.9 Å². The van der Waals surface area contributed by atoms with Crippen LogP contribution in [0.25, 0.3) is 0 Å². The Morgan fingerprint density at radius 2 is 1.96 bits per heavy atom. The van der Waals surface area contributed by atoms with Crippen molar-refractivity contribution < 1.29 is 13.9 Å². The fourth-order valence-electron chi connectivity index (χ4n) is 2.67. The third kappa shape index (κ3) is 4.71. The van der Waals surface area contributed by atoms with Gasteiger partial charge in [-0.1, -0.05) is 42.8 Å². The van der Waals surface area contributed by atoms with Crippen LogP contribution in [0.2, 0.25) is 5.02 Å². The Morgan fingerprint density at radius 1 is 1.25 bits per heavy atom. The molecule has 0 radical (unpaired) electrons. The third-order valence-corrected chi connectivity index (χ3v) is 4.25. The topological polar surface area (TPSA) is 52.3 Å². The number of hydrogen-bond acceptors (Lipinski definition) is 2. The summed E-state index contributed by atoms with van der Waals surface area (Å²) < 4.78 is 20.6. The first-order valence-corrected chi connectivity index (χ1v) is 8.39. The average molecular weight is 350 g/mol. The van der Waals surface area contributed by atoms with Crippen molar-refractivity contribution in [1.82, 2.24) is 0 Å². The SMILES string of the molecule is CC[C@@H](CCCC(N)=O)c1ccc(Cl)c(Oc2ccccc2)c1F. The van der Waals surface area contributed by atoms with E-state index in [1.807, 2.05) is 25.1 Å². The second kappa shape index (κ2) is 8.69. The molecule has 0 aliphatic carbocycles. The van der Waals surface area contributed by atoms with Gasteiger partial charge in [0.15, 0.2) is 11.6 Å². The lowest BCUT2D eigenvalue weighted by Crippen LogP contribution is -2.11. The summed E-state index contributed by atoms with van der Waals surface area (Å²) in [4.78, 5) is 10.9. The number of nitrogens with two attached hydrogens (primary N) is 1. The molecule has 0 heterocycles. The molecular formula is C19H21ClFNO2. The van der Waals surface area contributed by atoms with Gasteiger partial charge in [-0.2, -0.15) is 0 Å². The van der Waals surface area contributed by atoms with Gasteiger partial charge in [-0.25, -0.2) is 4.39 Å². The van der Waals surface area contributed by atoms with E-state index < -0.39 is 5.82 Å². The lowest BCUT2D eigenvalue weighted by atomic mass is 9.90. The maximum Gasteiger partial charge on any atom is 0.217 e. The molecular weight excluding hydrogens is 329 g/mol. The van der Waals surface area contributed by atoms with Crippen molar-refractivity contribution in [3.63, 3.8) is 0 Å². The highest BCUT2D eigenvalue weighted by atomic mass is 35.5. The van der Waals surface area contributed by atoms with E-state index >= 15 is 0 Å². The molecule has 0 unspecified atom stereocenters. The maximum atomic E-state index is 14.9. The van der Waals surface area contributed by atoms with Gasteiger partial charge in [0.25, 0.3) is 0 Å². The van der Waals surface area contributed by atoms with Gasteiger partial charge in [-0.15, -0.1) is 0 Å². The quantitative estimate of drug-likeness (QED) is 0.691. The van der Waals surface area contributed by atoms with E-state index in [0.29, 0.717) is 30.6 Å². The Hall–Kier alpha value is -2.07. The van der Waals surface area contributed by atoms with Gasteiger partial charge in [-0.3, -0.25) is 4.79 Å². The molecule has 2 aromatic carbocycles. The van der Waals surface area contributed by atoms with Crippen LogP contribution in [0.15, 0.2) is 42.5 Å². The number of rotatable bonds is 8. The van der Waals surface area contributed by atoms with Crippen LogP contribution in [0.5, 0.6) is 11.5 Å². The van der Waals surface area contributed by atoms with Crippen molar-refractivity contribution in [3.05, 3.63) is 58.9 Å². The van der Waals surface area contributed by atoms with E-state index in [4.69, 9.17) is 22.1 Å². The molecule has 0 spiro atoms. The zero-order valence-corrected chi connectivity index (χ0v) is 14.4. The van der Waals surface area contributed by atoms with E-state index in [-0.39, 0.29) is 22.6 Å². The van der Waals surface area contributed by atoms with Crippen LogP contribution >= 0.6 is 11.6 Å². The molecule has 1 amide bonds. The highest BCUT2D eigenvalue weighted by Gasteiger charge is 2.20. The molecule has 0 aromatic heterocycles. The van der Waals surface area contributed by atoms with Crippen molar-refractivity contribution in [2.45, 2.75) is 38.5 Å². The average Bonchev–Trinajstić information content (AvgIpc) is 2.57. The molecule has 0 saturated heterocycles. The first-order chi connectivity index (χ1) is 11.5. The number of halogens is 2. The van der Waals surface area contributed by atoms with Crippen molar-refractivity contribution >= 4 is 17.5 Å². The molecule has 1 atom stereocenters. The van der Waals surface area contributed by atoms with Gasteiger partial charge in [0.2, 0.25) is 5.91 Å². The molecule has 0 bridgehead atoms. The fourth-order valence-corrected chi connectivity index (χ4v) is 2.85. The fraction of sp³-hybridized carbons (Fsp3) is 0.316. The number of benzene rings is 2. The molecule has 0 aliphatic rings. The van der Waals surface area contributed by atoms with Gasteiger partial charge >= 0.3 is 0 Å². The van der Waals surface area contributed by atoms with Gasteiger partial charge in [0.1, 0.15) is 5.75 Å². The van der Waals surface area contributed by atoms with Crippen LogP contribution in [0.1, 0.15) is 44.1 Å². The van der Waals surface area contributed by atoms with Crippen LogP contribution in [0.3, 0.4) is 0 Å². The maximum absolute atomic E-state index is 14.9. The number of ether oxygens (including phenoxy) is 1. The number of carbonyl (C=O) groups is 1. The largest absolute Gasteiger partial charge is 0.453 e. The minimum absolute atomic E-state index is 0.0141. The predicted molar refractivity (Wildman–Crippen MR) is 94.0 cm³/mol. The van der Waals surface area contributed by atoms with Crippen LogP contribution in [0.4, 0.5) is 4.39 Å². The highest BCUT2D eigenvalue weighted by molar-refractivity contribution is 6.32. The first kappa shape index (κ1) is 18.3. The molecule has 5 heteroatoms.